The van der Waals surface area contributed by atoms with E-state index in [1.165, 1.54) is 0 Å². The van der Waals surface area contributed by atoms with Crippen molar-refractivity contribution < 1.29 is 4.39 Å². The number of fused-ring (bicyclic) bond motifs is 2. The fourth-order valence-electron chi connectivity index (χ4n) is 3.36. The first-order valence-corrected chi connectivity index (χ1v) is 6.55. The third kappa shape index (κ3) is 2.37. The zero-order chi connectivity index (χ0) is 11.9. The highest BCUT2D eigenvalue weighted by atomic mass is 19.1. The molecule has 2 unspecified atom stereocenters. The van der Waals surface area contributed by atoms with Gasteiger partial charge in [-0.05, 0) is 44.1 Å². The molecule has 1 aromatic rings. The molecular weight excluding hydrogens is 217 g/mol. The highest BCUT2D eigenvalue weighted by Gasteiger charge is 2.43. The van der Waals surface area contributed by atoms with Crippen LogP contribution in [0.1, 0.15) is 37.7 Å². The van der Waals surface area contributed by atoms with E-state index in [0.29, 0.717) is 31.3 Å². The van der Waals surface area contributed by atoms with Gasteiger partial charge < -0.3 is 5.32 Å². The molecule has 2 bridgehead atoms. The summed E-state index contributed by atoms with van der Waals surface area (Å²) in [5, 5.41) is 7.62. The second-order valence-corrected chi connectivity index (χ2v) is 5.72. The molecule has 94 valence electrons. The predicted octanol–water partition coefficient (Wildman–Crippen LogP) is 1.98. The monoisotopic (exact) mass is 237 g/mol. The van der Waals surface area contributed by atoms with Crippen molar-refractivity contribution in [3.63, 3.8) is 0 Å². The van der Waals surface area contributed by atoms with E-state index in [9.17, 15) is 4.39 Å². The maximum absolute atomic E-state index is 14.7. The van der Waals surface area contributed by atoms with Crippen molar-refractivity contribution in [2.45, 2.75) is 56.3 Å². The van der Waals surface area contributed by atoms with Crippen LogP contribution in [0.5, 0.6) is 0 Å². The molecule has 3 heterocycles. The molecule has 4 heteroatoms. The summed E-state index contributed by atoms with van der Waals surface area (Å²) < 4.78 is 16.5. The van der Waals surface area contributed by atoms with Gasteiger partial charge in [-0.2, -0.15) is 5.10 Å². The predicted molar refractivity (Wildman–Crippen MR) is 64.5 cm³/mol. The summed E-state index contributed by atoms with van der Waals surface area (Å²) in [6, 6.07) is 0.847. The number of halogens is 1. The Hall–Kier alpha value is -0.900. The fourth-order valence-corrected chi connectivity index (χ4v) is 3.36. The highest BCUT2D eigenvalue weighted by molar-refractivity contribution is 5.07. The van der Waals surface area contributed by atoms with Gasteiger partial charge in [0.15, 0.2) is 0 Å². The molecule has 0 aliphatic carbocycles. The number of aryl methyl sites for hydroxylation is 2. The van der Waals surface area contributed by atoms with Crippen LogP contribution in [0.2, 0.25) is 0 Å². The lowest BCUT2D eigenvalue weighted by molar-refractivity contribution is 0.0798. The first-order valence-electron chi connectivity index (χ1n) is 6.55. The first-order chi connectivity index (χ1) is 8.13. The first kappa shape index (κ1) is 11.2. The second-order valence-electron chi connectivity index (χ2n) is 5.72. The molecule has 3 nitrogen and oxygen atoms in total. The van der Waals surface area contributed by atoms with Crippen LogP contribution in [0.15, 0.2) is 12.4 Å². The molecule has 1 N–H and O–H groups in total. The van der Waals surface area contributed by atoms with E-state index in [4.69, 9.17) is 0 Å². The quantitative estimate of drug-likeness (QED) is 0.871. The Balaban J connectivity index is 1.60. The summed E-state index contributed by atoms with van der Waals surface area (Å²) in [6.45, 7) is 0. The zero-order valence-electron chi connectivity index (χ0n) is 10.3. The SMILES string of the molecule is Cn1cc(CCC2(F)CC3CCC(C2)N3)cn1. The van der Waals surface area contributed by atoms with Crippen LogP contribution >= 0.6 is 0 Å². The van der Waals surface area contributed by atoms with Gasteiger partial charge in [0.2, 0.25) is 0 Å². The van der Waals surface area contributed by atoms with E-state index in [2.05, 4.69) is 10.4 Å². The molecule has 3 rings (SSSR count). The van der Waals surface area contributed by atoms with Gasteiger partial charge in [-0.1, -0.05) is 0 Å². The summed E-state index contributed by atoms with van der Waals surface area (Å²) in [5.74, 6) is 0. The molecule has 0 saturated carbocycles. The van der Waals surface area contributed by atoms with E-state index in [0.717, 1.165) is 24.8 Å². The van der Waals surface area contributed by atoms with E-state index >= 15 is 0 Å². The van der Waals surface area contributed by atoms with Gasteiger partial charge in [0.05, 0.1) is 6.20 Å². The normalized spacial score (nSPS) is 36.4. The van der Waals surface area contributed by atoms with Crippen molar-refractivity contribution in [2.24, 2.45) is 7.05 Å². The van der Waals surface area contributed by atoms with Crippen LogP contribution in [0.3, 0.4) is 0 Å². The van der Waals surface area contributed by atoms with Crippen LogP contribution < -0.4 is 5.32 Å². The molecule has 0 radical (unpaired) electrons. The average molecular weight is 237 g/mol. The van der Waals surface area contributed by atoms with E-state index < -0.39 is 5.67 Å². The standard InChI is InChI=1S/C13H20FN3/c1-17-9-10(8-15-17)4-5-13(14)6-11-2-3-12(7-13)16-11/h8-9,11-12,16H,2-7H2,1H3. The molecule has 2 atom stereocenters. The summed E-state index contributed by atoms with van der Waals surface area (Å²) in [4.78, 5) is 0. The number of aromatic nitrogens is 2. The molecule has 0 aromatic carbocycles. The van der Waals surface area contributed by atoms with Crippen molar-refractivity contribution in [2.75, 3.05) is 0 Å². The Bertz CT molecular complexity index is 389. The van der Waals surface area contributed by atoms with Gasteiger partial charge in [-0.3, -0.25) is 4.68 Å². The Labute approximate surface area is 101 Å². The number of hydrogen-bond donors (Lipinski definition) is 1. The summed E-state index contributed by atoms with van der Waals surface area (Å²) in [7, 11) is 1.90. The minimum Gasteiger partial charge on any atom is -0.311 e. The fraction of sp³-hybridized carbons (Fsp3) is 0.769. The third-order valence-corrected chi connectivity index (χ3v) is 4.18. The zero-order valence-corrected chi connectivity index (χ0v) is 10.3. The lowest BCUT2D eigenvalue weighted by atomic mass is 9.85. The van der Waals surface area contributed by atoms with Crippen LogP contribution in [0, 0.1) is 0 Å². The highest BCUT2D eigenvalue weighted by Crippen LogP contribution is 2.39. The van der Waals surface area contributed by atoms with Crippen molar-refractivity contribution in [1.82, 2.24) is 15.1 Å². The molecular formula is C13H20FN3. The van der Waals surface area contributed by atoms with Gasteiger partial charge in [0.25, 0.3) is 0 Å². The van der Waals surface area contributed by atoms with Gasteiger partial charge in [-0.25, -0.2) is 4.39 Å². The van der Waals surface area contributed by atoms with Crippen molar-refractivity contribution in [3.8, 4) is 0 Å². The van der Waals surface area contributed by atoms with Gasteiger partial charge in [0, 0.05) is 25.3 Å². The molecule has 0 spiro atoms. The number of piperidine rings is 1. The number of rotatable bonds is 3. The minimum absolute atomic E-state index is 0.424. The van der Waals surface area contributed by atoms with Crippen LogP contribution in [0.25, 0.3) is 0 Å². The lowest BCUT2D eigenvalue weighted by Gasteiger charge is -2.35. The average Bonchev–Trinajstić information content (AvgIpc) is 2.83. The number of nitrogens with zero attached hydrogens (tertiary/aromatic N) is 2. The molecule has 2 aliphatic rings. The summed E-state index contributed by atoms with van der Waals surface area (Å²) in [5.41, 5.74) is 0.197. The Morgan fingerprint density at radius 2 is 2.18 bits per heavy atom. The van der Waals surface area contributed by atoms with Gasteiger partial charge >= 0.3 is 0 Å². The van der Waals surface area contributed by atoms with Crippen molar-refractivity contribution in [3.05, 3.63) is 18.0 Å². The van der Waals surface area contributed by atoms with Crippen LogP contribution in [0.4, 0.5) is 4.39 Å². The Kier molecular flexibility index (Phi) is 2.69. The van der Waals surface area contributed by atoms with E-state index in [1.807, 2.05) is 19.4 Å². The number of hydrogen-bond acceptors (Lipinski definition) is 2. The smallest absolute Gasteiger partial charge is 0.114 e. The maximum atomic E-state index is 14.7. The van der Waals surface area contributed by atoms with Gasteiger partial charge in [0.1, 0.15) is 5.67 Å². The number of nitrogens with one attached hydrogen (secondary N) is 1. The second kappa shape index (κ2) is 4.09. The van der Waals surface area contributed by atoms with Crippen molar-refractivity contribution >= 4 is 0 Å². The largest absolute Gasteiger partial charge is 0.311 e. The van der Waals surface area contributed by atoms with E-state index in [1.54, 1.807) is 4.68 Å². The maximum Gasteiger partial charge on any atom is 0.114 e. The van der Waals surface area contributed by atoms with Crippen LogP contribution in [-0.4, -0.2) is 27.5 Å². The molecule has 17 heavy (non-hydrogen) atoms. The molecule has 2 aliphatic heterocycles. The molecule has 0 amide bonds. The van der Waals surface area contributed by atoms with Crippen molar-refractivity contribution in [1.29, 1.82) is 0 Å². The minimum atomic E-state index is -0.951. The van der Waals surface area contributed by atoms with Gasteiger partial charge in [-0.15, -0.1) is 0 Å². The molecule has 2 saturated heterocycles. The summed E-state index contributed by atoms with van der Waals surface area (Å²) in [6.07, 6.45) is 9.00. The topological polar surface area (TPSA) is 29.9 Å². The Morgan fingerprint density at radius 1 is 1.47 bits per heavy atom. The van der Waals surface area contributed by atoms with Crippen LogP contribution in [-0.2, 0) is 13.5 Å². The lowest BCUT2D eigenvalue weighted by Crippen LogP contribution is -2.46. The Morgan fingerprint density at radius 3 is 2.76 bits per heavy atom. The third-order valence-electron chi connectivity index (χ3n) is 4.18. The molecule has 1 aromatic heterocycles. The molecule has 2 fully saturated rings. The summed E-state index contributed by atoms with van der Waals surface area (Å²) >= 11 is 0. The van der Waals surface area contributed by atoms with E-state index in [-0.39, 0.29) is 0 Å². The number of alkyl halides is 1.